The zero-order valence-electron chi connectivity index (χ0n) is 15.2. The van der Waals surface area contributed by atoms with Crippen molar-refractivity contribution in [1.82, 2.24) is 5.43 Å². The Bertz CT molecular complexity index is 1030. The summed E-state index contributed by atoms with van der Waals surface area (Å²) in [5.41, 5.74) is 3.48. The molecule has 2 aromatic carbocycles. The predicted octanol–water partition coefficient (Wildman–Crippen LogP) is 3.86. The number of carbonyl (C=O) groups is 2. The average Bonchev–Trinajstić information content (AvgIpc) is 3.00. The lowest BCUT2D eigenvalue weighted by Gasteiger charge is -2.15. The van der Waals surface area contributed by atoms with Gasteiger partial charge >= 0.3 is 0 Å². The Hall–Kier alpha value is -3.02. The maximum absolute atomic E-state index is 12.8. The van der Waals surface area contributed by atoms with Crippen LogP contribution in [0.3, 0.4) is 0 Å². The minimum Gasteiger partial charge on any atom is -0.490 e. The molecule has 0 aromatic heterocycles. The van der Waals surface area contributed by atoms with Crippen LogP contribution in [-0.2, 0) is 9.59 Å². The Morgan fingerprint density at radius 2 is 2.00 bits per heavy atom. The second kappa shape index (κ2) is 8.99. The van der Waals surface area contributed by atoms with Gasteiger partial charge in [-0.15, -0.1) is 0 Å². The van der Waals surface area contributed by atoms with Gasteiger partial charge in [0.2, 0.25) is 0 Å². The molecule has 29 heavy (non-hydrogen) atoms. The van der Waals surface area contributed by atoms with E-state index in [0.29, 0.717) is 28.1 Å². The lowest BCUT2D eigenvalue weighted by atomic mass is 10.1. The minimum atomic E-state index is -0.537. The maximum Gasteiger partial charge on any atom is 0.282 e. The van der Waals surface area contributed by atoms with Crippen molar-refractivity contribution in [2.75, 3.05) is 18.2 Å². The van der Waals surface area contributed by atoms with Crippen molar-refractivity contribution in [2.45, 2.75) is 6.92 Å². The van der Waals surface area contributed by atoms with Crippen LogP contribution in [0.15, 0.2) is 46.4 Å². The van der Waals surface area contributed by atoms with Gasteiger partial charge in [-0.25, -0.2) is 5.01 Å². The molecule has 3 rings (SSSR count). The van der Waals surface area contributed by atoms with E-state index in [0.717, 1.165) is 0 Å². The number of para-hydroxylation sites is 1. The molecule has 0 bridgehead atoms. The third-order valence-electron chi connectivity index (χ3n) is 3.94. The fourth-order valence-corrected chi connectivity index (χ4v) is 3.35. The van der Waals surface area contributed by atoms with Crippen molar-refractivity contribution in [3.05, 3.63) is 57.0 Å². The predicted molar refractivity (Wildman–Crippen MR) is 111 cm³/mol. The van der Waals surface area contributed by atoms with Gasteiger partial charge in [0.25, 0.3) is 11.8 Å². The van der Waals surface area contributed by atoms with Crippen molar-refractivity contribution in [2.24, 2.45) is 0 Å². The van der Waals surface area contributed by atoms with Gasteiger partial charge in [-0.05, 0) is 52.7 Å². The Balaban J connectivity index is 2.02. The number of hydrogen-bond acceptors (Lipinski definition) is 5. The molecule has 1 heterocycles. The molecule has 148 valence electrons. The number of anilines is 1. The Kier molecular flexibility index (Phi) is 6.42. The second-order valence-corrected chi connectivity index (χ2v) is 6.95. The molecule has 1 N–H and O–H groups in total. The van der Waals surface area contributed by atoms with Crippen LogP contribution in [0.1, 0.15) is 12.5 Å². The normalized spacial score (nSPS) is 14.7. The minimum absolute atomic E-state index is 0.0567. The van der Waals surface area contributed by atoms with Gasteiger partial charge in [0, 0.05) is 4.47 Å². The molecular weight excluding hydrogens is 462 g/mol. The summed E-state index contributed by atoms with van der Waals surface area (Å²) in [6, 6.07) is 12.2. The third kappa shape index (κ3) is 4.21. The molecular formula is C20H15BrClN3O4. The zero-order chi connectivity index (χ0) is 21.0. The number of nitriles is 1. The van der Waals surface area contributed by atoms with E-state index in [4.69, 9.17) is 26.3 Å². The quantitative estimate of drug-likeness (QED) is 0.505. The first-order chi connectivity index (χ1) is 14.0. The van der Waals surface area contributed by atoms with E-state index in [1.165, 1.54) is 11.1 Å². The summed E-state index contributed by atoms with van der Waals surface area (Å²) in [7, 11) is 0. The maximum atomic E-state index is 12.8. The summed E-state index contributed by atoms with van der Waals surface area (Å²) in [6.45, 7) is 1.91. The topological polar surface area (TPSA) is 91.7 Å². The van der Waals surface area contributed by atoms with Gasteiger partial charge in [-0.1, -0.05) is 29.8 Å². The monoisotopic (exact) mass is 475 g/mol. The first-order valence-corrected chi connectivity index (χ1v) is 9.71. The van der Waals surface area contributed by atoms with Crippen LogP contribution in [0.4, 0.5) is 5.69 Å². The number of amides is 2. The molecule has 1 aliphatic rings. The van der Waals surface area contributed by atoms with Gasteiger partial charge in [0.05, 0.1) is 12.3 Å². The highest BCUT2D eigenvalue weighted by Crippen LogP contribution is 2.43. The Morgan fingerprint density at radius 3 is 2.66 bits per heavy atom. The molecule has 0 aliphatic carbocycles. The fraction of sp³-hybridized carbons (Fsp3) is 0.150. The summed E-state index contributed by atoms with van der Waals surface area (Å²) in [4.78, 5) is 25.2. The van der Waals surface area contributed by atoms with Gasteiger partial charge in [0.15, 0.2) is 18.1 Å². The summed E-state index contributed by atoms with van der Waals surface area (Å²) >= 11 is 9.74. The molecule has 0 spiro atoms. The number of hydrazine groups is 1. The number of carbonyl (C=O) groups excluding carboxylic acids is 2. The number of hydrogen-bond donors (Lipinski definition) is 1. The van der Waals surface area contributed by atoms with Crippen LogP contribution < -0.4 is 19.9 Å². The van der Waals surface area contributed by atoms with Crippen molar-refractivity contribution < 1.29 is 19.1 Å². The number of nitrogens with zero attached hydrogens (tertiary/aromatic N) is 2. The second-order valence-electron chi connectivity index (χ2n) is 5.78. The van der Waals surface area contributed by atoms with Crippen LogP contribution in [-0.4, -0.2) is 25.0 Å². The van der Waals surface area contributed by atoms with Gasteiger partial charge in [0.1, 0.15) is 16.7 Å². The number of benzene rings is 2. The first-order valence-electron chi connectivity index (χ1n) is 8.54. The smallest absolute Gasteiger partial charge is 0.282 e. The third-order valence-corrected chi connectivity index (χ3v) is 5.39. The van der Waals surface area contributed by atoms with Crippen LogP contribution in [0.2, 0.25) is 5.02 Å². The fourth-order valence-electron chi connectivity index (χ4n) is 2.68. The Labute approximate surface area is 180 Å². The van der Waals surface area contributed by atoms with E-state index in [9.17, 15) is 9.59 Å². The molecule has 0 radical (unpaired) electrons. The standard InChI is InChI=1S/C20H15BrClN3O4/c1-2-28-15-11-12(16(21)17(22)18(15)29-9-8-23)10-14-19(26)24-25(20(14)27)13-6-4-3-5-7-13/h3-7,10-11H,2,9H2,1H3,(H,24,26). The SMILES string of the molecule is CCOc1cc(C=C2C(=O)NN(c3ccccc3)C2=O)c(Br)c(Cl)c1OCC#N. The van der Waals surface area contributed by atoms with Gasteiger partial charge in [-0.3, -0.25) is 15.0 Å². The van der Waals surface area contributed by atoms with Crippen molar-refractivity contribution >= 4 is 51.1 Å². The molecule has 2 aromatic rings. The lowest BCUT2D eigenvalue weighted by Crippen LogP contribution is -2.35. The highest BCUT2D eigenvalue weighted by molar-refractivity contribution is 9.10. The molecule has 1 aliphatic heterocycles. The highest BCUT2D eigenvalue weighted by Gasteiger charge is 2.34. The van der Waals surface area contributed by atoms with E-state index in [1.807, 2.05) is 12.1 Å². The lowest BCUT2D eigenvalue weighted by molar-refractivity contribution is -0.117. The van der Waals surface area contributed by atoms with Crippen molar-refractivity contribution in [3.8, 4) is 17.6 Å². The van der Waals surface area contributed by atoms with Gasteiger partial charge < -0.3 is 9.47 Å². The number of halogens is 2. The van der Waals surface area contributed by atoms with E-state index in [1.54, 1.807) is 37.3 Å². The van der Waals surface area contributed by atoms with Crippen LogP contribution in [0.5, 0.6) is 11.5 Å². The molecule has 0 atom stereocenters. The molecule has 1 saturated heterocycles. The number of rotatable bonds is 6. The van der Waals surface area contributed by atoms with E-state index in [-0.39, 0.29) is 23.0 Å². The molecule has 0 saturated carbocycles. The first kappa shape index (κ1) is 20.7. The summed E-state index contributed by atoms with van der Waals surface area (Å²) in [5.74, 6) is -0.526. The van der Waals surface area contributed by atoms with Gasteiger partial charge in [-0.2, -0.15) is 5.26 Å². The van der Waals surface area contributed by atoms with Crippen LogP contribution in [0, 0.1) is 11.3 Å². The molecule has 2 amide bonds. The van der Waals surface area contributed by atoms with Crippen molar-refractivity contribution in [1.29, 1.82) is 5.26 Å². The van der Waals surface area contributed by atoms with E-state index >= 15 is 0 Å². The van der Waals surface area contributed by atoms with Crippen LogP contribution >= 0.6 is 27.5 Å². The molecule has 1 fully saturated rings. The zero-order valence-corrected chi connectivity index (χ0v) is 17.6. The summed E-state index contributed by atoms with van der Waals surface area (Å²) in [5, 5.41) is 10.1. The number of nitrogens with one attached hydrogen (secondary N) is 1. The number of ether oxygens (including phenoxy) is 2. The Morgan fingerprint density at radius 1 is 1.28 bits per heavy atom. The average molecular weight is 477 g/mol. The van der Waals surface area contributed by atoms with E-state index in [2.05, 4.69) is 21.4 Å². The highest BCUT2D eigenvalue weighted by atomic mass is 79.9. The van der Waals surface area contributed by atoms with Crippen LogP contribution in [0.25, 0.3) is 6.08 Å². The summed E-state index contributed by atoms with van der Waals surface area (Å²) in [6.07, 6.45) is 1.42. The molecule has 9 heteroatoms. The van der Waals surface area contributed by atoms with Crippen molar-refractivity contribution in [3.63, 3.8) is 0 Å². The molecule has 7 nitrogen and oxygen atoms in total. The van der Waals surface area contributed by atoms with E-state index < -0.39 is 11.8 Å². The molecule has 0 unspecified atom stereocenters. The largest absolute Gasteiger partial charge is 0.490 e. The summed E-state index contributed by atoms with van der Waals surface area (Å²) < 4.78 is 11.3.